The Hall–Kier alpha value is -2.96. The Morgan fingerprint density at radius 1 is 1.07 bits per heavy atom. The monoisotopic (exact) mass is 419 g/mol. The molecule has 0 spiro atoms. The van der Waals surface area contributed by atoms with E-state index in [1.165, 1.54) is 0 Å². The van der Waals surface area contributed by atoms with Crippen LogP contribution in [0.5, 0.6) is 0 Å². The lowest BCUT2D eigenvalue weighted by atomic mass is 10.0. The molecule has 146 valence electrons. The molecule has 3 heterocycles. The first-order valence-corrected chi connectivity index (χ1v) is 11.0. The van der Waals surface area contributed by atoms with Crippen molar-refractivity contribution in [2.24, 2.45) is 0 Å². The van der Waals surface area contributed by atoms with Gasteiger partial charge in [-0.2, -0.15) is 11.3 Å². The van der Waals surface area contributed by atoms with E-state index in [1.807, 2.05) is 49.4 Å². The standard InChI is InChI=1S/C23H21N3OS2/c1-15-8-10-24-20(12-15)25-21(18-9-11-28-14-18)19-13-16(2)29-23(19)26-22(27)17-6-4-3-5-7-17/h3-14,21H,1-2H3,(H,24,25)(H,26,27)/t21-/m0/s1. The molecular weight excluding hydrogens is 398 g/mol. The molecule has 4 rings (SSSR count). The first kappa shape index (κ1) is 19.4. The normalized spacial score (nSPS) is 11.8. The topological polar surface area (TPSA) is 54.0 Å². The summed E-state index contributed by atoms with van der Waals surface area (Å²) < 4.78 is 0. The minimum absolute atomic E-state index is 0.105. The molecular formula is C23H21N3OS2. The smallest absolute Gasteiger partial charge is 0.256 e. The van der Waals surface area contributed by atoms with Crippen LogP contribution in [-0.4, -0.2) is 10.9 Å². The molecule has 1 atom stereocenters. The van der Waals surface area contributed by atoms with Crippen LogP contribution in [0, 0.1) is 13.8 Å². The Bertz CT molecular complexity index is 1100. The van der Waals surface area contributed by atoms with E-state index in [0.717, 1.165) is 32.4 Å². The second-order valence-electron chi connectivity index (χ2n) is 6.81. The number of pyridine rings is 1. The molecule has 0 saturated carbocycles. The van der Waals surface area contributed by atoms with Crippen molar-refractivity contribution in [3.8, 4) is 0 Å². The van der Waals surface area contributed by atoms with E-state index < -0.39 is 0 Å². The Morgan fingerprint density at radius 3 is 2.62 bits per heavy atom. The molecule has 29 heavy (non-hydrogen) atoms. The molecule has 1 aromatic carbocycles. The molecule has 0 radical (unpaired) electrons. The Kier molecular flexibility index (Phi) is 5.74. The Morgan fingerprint density at radius 2 is 1.90 bits per heavy atom. The lowest BCUT2D eigenvalue weighted by molar-refractivity contribution is 0.102. The highest BCUT2D eigenvalue weighted by molar-refractivity contribution is 7.16. The zero-order chi connectivity index (χ0) is 20.2. The van der Waals surface area contributed by atoms with Gasteiger partial charge in [-0.15, -0.1) is 11.3 Å². The average molecular weight is 420 g/mol. The third-order valence-electron chi connectivity index (χ3n) is 4.54. The molecule has 0 aliphatic rings. The van der Waals surface area contributed by atoms with E-state index in [0.29, 0.717) is 5.56 Å². The number of benzene rings is 1. The third-order valence-corrected chi connectivity index (χ3v) is 6.23. The lowest BCUT2D eigenvalue weighted by Crippen LogP contribution is -2.16. The minimum Gasteiger partial charge on any atom is -0.359 e. The number of hydrogen-bond acceptors (Lipinski definition) is 5. The maximum atomic E-state index is 12.8. The van der Waals surface area contributed by atoms with Crippen LogP contribution in [0.3, 0.4) is 0 Å². The lowest BCUT2D eigenvalue weighted by Gasteiger charge is -2.20. The number of carbonyl (C=O) groups is 1. The van der Waals surface area contributed by atoms with E-state index >= 15 is 0 Å². The average Bonchev–Trinajstić information content (AvgIpc) is 3.37. The van der Waals surface area contributed by atoms with Gasteiger partial charge in [0.15, 0.2) is 0 Å². The molecule has 0 unspecified atom stereocenters. The van der Waals surface area contributed by atoms with Gasteiger partial charge in [-0.25, -0.2) is 4.98 Å². The summed E-state index contributed by atoms with van der Waals surface area (Å²) in [5, 5.41) is 11.7. The van der Waals surface area contributed by atoms with Gasteiger partial charge in [-0.1, -0.05) is 18.2 Å². The van der Waals surface area contributed by atoms with Crippen LogP contribution in [0.4, 0.5) is 10.8 Å². The number of aryl methyl sites for hydroxylation is 2. The molecule has 0 saturated heterocycles. The fourth-order valence-corrected chi connectivity index (χ4v) is 4.79. The van der Waals surface area contributed by atoms with E-state index in [1.54, 1.807) is 28.9 Å². The van der Waals surface area contributed by atoms with Crippen molar-refractivity contribution in [2.45, 2.75) is 19.9 Å². The number of nitrogens with one attached hydrogen (secondary N) is 2. The SMILES string of the molecule is Cc1ccnc(N[C@@H](c2ccsc2)c2cc(C)sc2NC(=O)c2ccccc2)c1. The molecule has 3 aromatic heterocycles. The van der Waals surface area contributed by atoms with Gasteiger partial charge in [0.25, 0.3) is 5.91 Å². The summed E-state index contributed by atoms with van der Waals surface area (Å²) in [5.41, 5.74) is 3.97. The summed E-state index contributed by atoms with van der Waals surface area (Å²) in [7, 11) is 0. The van der Waals surface area contributed by atoms with Crippen LogP contribution in [0.2, 0.25) is 0 Å². The van der Waals surface area contributed by atoms with Gasteiger partial charge in [-0.05, 0) is 72.1 Å². The van der Waals surface area contributed by atoms with Gasteiger partial charge in [-0.3, -0.25) is 4.79 Å². The van der Waals surface area contributed by atoms with Crippen LogP contribution < -0.4 is 10.6 Å². The first-order chi connectivity index (χ1) is 14.1. The van der Waals surface area contributed by atoms with Gasteiger partial charge in [0.2, 0.25) is 0 Å². The van der Waals surface area contributed by atoms with Crippen LogP contribution in [0.15, 0.2) is 71.6 Å². The molecule has 0 bridgehead atoms. The Labute approximate surface area is 178 Å². The van der Waals surface area contributed by atoms with Gasteiger partial charge in [0.05, 0.1) is 6.04 Å². The van der Waals surface area contributed by atoms with Crippen molar-refractivity contribution in [1.29, 1.82) is 0 Å². The second kappa shape index (κ2) is 8.59. The molecule has 4 nitrogen and oxygen atoms in total. The number of nitrogens with zero attached hydrogens (tertiary/aromatic N) is 1. The van der Waals surface area contributed by atoms with Crippen LogP contribution in [0.25, 0.3) is 0 Å². The van der Waals surface area contributed by atoms with Crippen LogP contribution in [-0.2, 0) is 0 Å². The zero-order valence-corrected chi connectivity index (χ0v) is 17.8. The highest BCUT2D eigenvalue weighted by atomic mass is 32.1. The van der Waals surface area contributed by atoms with Crippen LogP contribution in [0.1, 0.15) is 38.0 Å². The number of rotatable bonds is 6. The van der Waals surface area contributed by atoms with Gasteiger partial charge < -0.3 is 10.6 Å². The van der Waals surface area contributed by atoms with E-state index in [9.17, 15) is 4.79 Å². The van der Waals surface area contributed by atoms with Crippen molar-refractivity contribution in [1.82, 2.24) is 4.98 Å². The number of amides is 1. The van der Waals surface area contributed by atoms with Crippen molar-refractivity contribution in [3.63, 3.8) is 0 Å². The van der Waals surface area contributed by atoms with E-state index in [2.05, 4.69) is 45.4 Å². The number of anilines is 2. The maximum Gasteiger partial charge on any atom is 0.256 e. The fourth-order valence-electron chi connectivity index (χ4n) is 3.15. The van der Waals surface area contributed by atoms with E-state index in [4.69, 9.17) is 0 Å². The number of aromatic nitrogens is 1. The number of thiophene rings is 2. The molecule has 1 amide bonds. The van der Waals surface area contributed by atoms with Crippen molar-refractivity contribution in [2.75, 3.05) is 10.6 Å². The highest BCUT2D eigenvalue weighted by Crippen LogP contribution is 2.38. The summed E-state index contributed by atoms with van der Waals surface area (Å²) in [6.45, 7) is 4.11. The Balaban J connectivity index is 1.69. The predicted octanol–water partition coefficient (Wildman–Crippen LogP) is 6.28. The first-order valence-electron chi connectivity index (χ1n) is 9.28. The molecule has 0 aliphatic carbocycles. The van der Waals surface area contributed by atoms with Crippen LogP contribution >= 0.6 is 22.7 Å². The van der Waals surface area contributed by atoms with Gasteiger partial charge in [0, 0.05) is 22.2 Å². The number of carbonyl (C=O) groups excluding carboxylic acids is 1. The predicted molar refractivity (Wildman–Crippen MR) is 122 cm³/mol. The summed E-state index contributed by atoms with van der Waals surface area (Å²) >= 11 is 3.24. The maximum absolute atomic E-state index is 12.8. The van der Waals surface area contributed by atoms with Crippen molar-refractivity contribution >= 4 is 39.4 Å². The number of hydrogen-bond donors (Lipinski definition) is 2. The molecule has 0 fully saturated rings. The summed E-state index contributed by atoms with van der Waals surface area (Å²) in [6, 6.07) is 17.4. The molecule has 2 N–H and O–H groups in total. The summed E-state index contributed by atoms with van der Waals surface area (Å²) in [6.07, 6.45) is 1.80. The molecule has 4 aromatic rings. The highest BCUT2D eigenvalue weighted by Gasteiger charge is 2.22. The zero-order valence-electron chi connectivity index (χ0n) is 16.2. The molecule has 0 aliphatic heterocycles. The summed E-state index contributed by atoms with van der Waals surface area (Å²) in [5.74, 6) is 0.705. The molecule has 6 heteroatoms. The minimum atomic E-state index is -0.105. The third kappa shape index (κ3) is 4.55. The van der Waals surface area contributed by atoms with Gasteiger partial charge >= 0.3 is 0 Å². The quantitative estimate of drug-likeness (QED) is 0.387. The second-order valence-corrected chi connectivity index (χ2v) is 8.85. The van der Waals surface area contributed by atoms with Crippen molar-refractivity contribution in [3.05, 3.63) is 98.7 Å². The van der Waals surface area contributed by atoms with E-state index in [-0.39, 0.29) is 11.9 Å². The van der Waals surface area contributed by atoms with Crippen molar-refractivity contribution < 1.29 is 4.79 Å². The fraction of sp³-hybridized carbons (Fsp3) is 0.130. The largest absolute Gasteiger partial charge is 0.359 e. The summed E-state index contributed by atoms with van der Waals surface area (Å²) in [4.78, 5) is 18.4. The van der Waals surface area contributed by atoms with Gasteiger partial charge in [0.1, 0.15) is 10.8 Å².